The van der Waals surface area contributed by atoms with E-state index in [0.29, 0.717) is 5.54 Å². The van der Waals surface area contributed by atoms with Crippen LogP contribution in [-0.4, -0.2) is 9.13 Å². The predicted molar refractivity (Wildman–Crippen MR) is 47.7 cm³/mol. The van der Waals surface area contributed by atoms with Crippen LogP contribution in [0.25, 0.3) is 0 Å². The highest BCUT2D eigenvalue weighted by atomic mass is 28.3. The van der Waals surface area contributed by atoms with Crippen LogP contribution < -0.4 is 0 Å². The van der Waals surface area contributed by atoms with Crippen molar-refractivity contribution < 1.29 is 4.11 Å². The first-order valence-corrected chi connectivity index (χ1v) is 5.71. The first-order chi connectivity index (χ1) is 4.39. The highest BCUT2D eigenvalue weighted by molar-refractivity contribution is 6.56. The zero-order valence-corrected chi connectivity index (χ0v) is 8.89. The van der Waals surface area contributed by atoms with Gasteiger partial charge in [0, 0.05) is 0 Å². The van der Waals surface area contributed by atoms with Gasteiger partial charge >= 0.3 is 0 Å². The van der Waals surface area contributed by atoms with E-state index in [1.54, 1.807) is 0 Å². The van der Waals surface area contributed by atoms with Crippen LogP contribution in [0.3, 0.4) is 0 Å². The van der Waals surface area contributed by atoms with Crippen LogP contribution in [0, 0.1) is 0 Å². The molecule has 0 aliphatic heterocycles. The monoisotopic (exact) mass is 162 g/mol. The van der Waals surface area contributed by atoms with Crippen LogP contribution in [0.15, 0.2) is 0 Å². The van der Waals surface area contributed by atoms with Crippen LogP contribution in [0.5, 0.6) is 0 Å². The molecule has 10 heavy (non-hydrogen) atoms. The molecule has 0 radical (unpaired) electrons. The van der Waals surface area contributed by atoms with E-state index >= 15 is 0 Å². The fraction of sp³-hybridized carbons (Fsp3) is 1.00. The third-order valence-electron chi connectivity index (χ3n) is 1.97. The van der Waals surface area contributed by atoms with Crippen molar-refractivity contribution in [2.45, 2.75) is 51.6 Å². The molecule has 0 aromatic rings. The molecule has 62 valence electrons. The second kappa shape index (κ2) is 3.51. The second-order valence-electron chi connectivity index (χ2n) is 4.15. The Hall–Kier alpha value is 0.147. The van der Waals surface area contributed by atoms with Gasteiger partial charge in [0.1, 0.15) is 0 Å². The van der Waals surface area contributed by atoms with E-state index < -0.39 is 9.13 Å². The zero-order chi connectivity index (χ0) is 8.36. The van der Waals surface area contributed by atoms with Crippen LogP contribution in [-0.2, 0) is 0 Å². The van der Waals surface area contributed by atoms with E-state index in [1.165, 1.54) is 0 Å². The normalized spacial score (nSPS) is 18.6. The third kappa shape index (κ3) is 2.82. The SMILES string of the molecule is CCC(C)[SiH](F)C(C)(C)C. The Labute approximate surface area is 65.6 Å². The minimum absolute atomic E-state index is 0.0462. The van der Waals surface area contributed by atoms with Crippen molar-refractivity contribution in [3.8, 4) is 0 Å². The predicted octanol–water partition coefficient (Wildman–Crippen LogP) is 3.28. The lowest BCUT2D eigenvalue weighted by atomic mass is 10.2. The molecule has 0 spiro atoms. The fourth-order valence-corrected chi connectivity index (χ4v) is 3.18. The van der Waals surface area contributed by atoms with Gasteiger partial charge in [0.25, 0.3) is 0 Å². The summed E-state index contributed by atoms with van der Waals surface area (Å²) in [5.41, 5.74) is 0.333. The Balaban J connectivity index is 3.94. The van der Waals surface area contributed by atoms with Gasteiger partial charge in [0.2, 0.25) is 9.13 Å². The molecule has 2 unspecified atom stereocenters. The molecule has 0 saturated heterocycles. The number of hydrogen-bond donors (Lipinski definition) is 0. The maximum absolute atomic E-state index is 13.4. The molecule has 0 fully saturated rings. The van der Waals surface area contributed by atoms with Crippen molar-refractivity contribution in [3.05, 3.63) is 0 Å². The van der Waals surface area contributed by atoms with E-state index in [2.05, 4.69) is 6.92 Å². The summed E-state index contributed by atoms with van der Waals surface area (Å²) < 4.78 is 13.4. The summed E-state index contributed by atoms with van der Waals surface area (Å²) in [7, 11) is -1.98. The third-order valence-corrected chi connectivity index (χ3v) is 5.10. The topological polar surface area (TPSA) is 0 Å². The molecule has 0 nitrogen and oxygen atoms in total. The first-order valence-electron chi connectivity index (χ1n) is 4.03. The number of halogens is 1. The molecular formula is C8H19FSi. The lowest BCUT2D eigenvalue weighted by Crippen LogP contribution is -2.24. The van der Waals surface area contributed by atoms with Gasteiger partial charge in [0.15, 0.2) is 0 Å². The molecular weight excluding hydrogens is 143 g/mol. The molecule has 0 rings (SSSR count). The van der Waals surface area contributed by atoms with E-state index in [1.807, 2.05) is 27.7 Å². The Kier molecular flexibility index (Phi) is 3.56. The quantitative estimate of drug-likeness (QED) is 0.432. The summed E-state index contributed by atoms with van der Waals surface area (Å²) in [6.45, 7) is 10.1. The Morgan fingerprint density at radius 3 is 1.90 bits per heavy atom. The van der Waals surface area contributed by atoms with Gasteiger partial charge < -0.3 is 4.11 Å². The number of rotatable bonds is 2. The summed E-state index contributed by atoms with van der Waals surface area (Å²) in [5.74, 6) is 0. The molecule has 0 saturated carbocycles. The maximum atomic E-state index is 13.4. The van der Waals surface area contributed by atoms with Crippen molar-refractivity contribution in [2.75, 3.05) is 0 Å². The van der Waals surface area contributed by atoms with Crippen molar-refractivity contribution in [2.24, 2.45) is 0 Å². The smallest absolute Gasteiger partial charge is 0.239 e. The number of hydrogen-bond acceptors (Lipinski definition) is 0. The van der Waals surface area contributed by atoms with Crippen molar-refractivity contribution in [1.29, 1.82) is 0 Å². The lowest BCUT2D eigenvalue weighted by molar-refractivity contribution is 0.605. The molecule has 0 N–H and O–H groups in total. The average molecular weight is 162 g/mol. The molecule has 2 heteroatoms. The van der Waals surface area contributed by atoms with Gasteiger partial charge in [-0.2, -0.15) is 0 Å². The van der Waals surface area contributed by atoms with Crippen molar-refractivity contribution in [3.63, 3.8) is 0 Å². The summed E-state index contributed by atoms with van der Waals surface area (Å²) in [6.07, 6.45) is 0.991. The standard InChI is InChI=1S/C8H19FSi/c1-6-7(2)10(9)8(3,4)5/h7,10H,6H2,1-5H3. The lowest BCUT2D eigenvalue weighted by Gasteiger charge is -2.25. The maximum Gasteiger partial charge on any atom is 0.239 e. The van der Waals surface area contributed by atoms with Gasteiger partial charge in [0.05, 0.1) is 0 Å². The summed E-state index contributed by atoms with van der Waals surface area (Å²) in [4.78, 5) is 0. The molecule has 0 aliphatic rings. The summed E-state index contributed by atoms with van der Waals surface area (Å²) in [6, 6.07) is 0. The summed E-state index contributed by atoms with van der Waals surface area (Å²) in [5, 5.41) is -0.0462. The highest BCUT2D eigenvalue weighted by Crippen LogP contribution is 2.35. The van der Waals surface area contributed by atoms with Crippen LogP contribution >= 0.6 is 0 Å². The fourth-order valence-electron chi connectivity index (χ4n) is 1.06. The molecule has 0 amide bonds. The molecule has 0 aromatic carbocycles. The largest absolute Gasteiger partial charge is 0.317 e. The highest BCUT2D eigenvalue weighted by Gasteiger charge is 2.31. The minimum Gasteiger partial charge on any atom is -0.317 e. The molecule has 2 atom stereocenters. The molecule has 0 aromatic heterocycles. The van der Waals surface area contributed by atoms with E-state index in [4.69, 9.17) is 0 Å². The molecule has 0 bridgehead atoms. The van der Waals surface area contributed by atoms with E-state index in [-0.39, 0.29) is 5.04 Å². The van der Waals surface area contributed by atoms with Gasteiger partial charge in [-0.25, -0.2) is 0 Å². The van der Waals surface area contributed by atoms with Crippen LogP contribution in [0.1, 0.15) is 41.0 Å². The molecule has 0 aliphatic carbocycles. The second-order valence-corrected chi connectivity index (χ2v) is 7.83. The van der Waals surface area contributed by atoms with Gasteiger partial charge in [-0.05, 0) is 10.6 Å². The average Bonchev–Trinajstić information content (AvgIpc) is 1.83. The van der Waals surface area contributed by atoms with Crippen molar-refractivity contribution >= 4 is 9.13 Å². The van der Waals surface area contributed by atoms with Crippen LogP contribution in [0.2, 0.25) is 10.6 Å². The van der Waals surface area contributed by atoms with Gasteiger partial charge in [-0.3, -0.25) is 0 Å². The molecule has 0 heterocycles. The van der Waals surface area contributed by atoms with E-state index in [9.17, 15) is 4.11 Å². The Morgan fingerprint density at radius 1 is 1.40 bits per heavy atom. The van der Waals surface area contributed by atoms with Crippen molar-refractivity contribution in [1.82, 2.24) is 0 Å². The Morgan fingerprint density at radius 2 is 1.80 bits per heavy atom. The summed E-state index contributed by atoms with van der Waals surface area (Å²) >= 11 is 0. The van der Waals surface area contributed by atoms with Gasteiger partial charge in [-0.15, -0.1) is 0 Å². The minimum atomic E-state index is -1.98. The van der Waals surface area contributed by atoms with E-state index in [0.717, 1.165) is 6.42 Å². The van der Waals surface area contributed by atoms with Crippen LogP contribution in [0.4, 0.5) is 4.11 Å². The van der Waals surface area contributed by atoms with Gasteiger partial charge in [-0.1, -0.05) is 41.0 Å². The zero-order valence-electron chi connectivity index (χ0n) is 7.74. The first kappa shape index (κ1) is 10.1. The Bertz CT molecular complexity index is 95.9.